The number of carbonyl (C=O) groups is 1. The normalized spacial score (nSPS) is 12.4. The lowest BCUT2D eigenvalue weighted by Gasteiger charge is -2.30. The molecule has 0 bridgehead atoms. The van der Waals surface area contributed by atoms with E-state index in [9.17, 15) is 4.79 Å². The maximum Gasteiger partial charge on any atom is 0.244 e. The molecule has 0 aliphatic carbocycles. The van der Waals surface area contributed by atoms with E-state index in [1.165, 1.54) is 0 Å². The molecule has 1 atom stereocenters. The Morgan fingerprint density at radius 2 is 1.96 bits per heavy atom. The summed E-state index contributed by atoms with van der Waals surface area (Å²) in [5, 5.41) is 3.89. The zero-order valence-corrected chi connectivity index (χ0v) is 14.4. The van der Waals surface area contributed by atoms with Crippen molar-refractivity contribution < 1.29 is 9.32 Å². The molecule has 0 radical (unpaired) electrons. The second-order valence-corrected chi connectivity index (χ2v) is 5.80. The number of hydrogen-bond donors (Lipinski definition) is 0. The van der Waals surface area contributed by atoms with Crippen LogP contribution < -0.4 is 0 Å². The van der Waals surface area contributed by atoms with Crippen LogP contribution in [0.1, 0.15) is 35.8 Å². The van der Waals surface area contributed by atoms with E-state index in [4.69, 9.17) is 4.52 Å². The molecule has 124 valence electrons. The lowest BCUT2D eigenvalue weighted by molar-refractivity contribution is -0.137. The van der Waals surface area contributed by atoms with Gasteiger partial charge in [-0.2, -0.15) is 4.98 Å². The second kappa shape index (κ2) is 7.37. The standard InChI is InChI=1S/C17H24N4O2/c1-6-21(11-15-18-13(3)23-19-15)17(22)16(20(4)5)14-10-8-7-9-12(14)2/h7-10,16H,6,11H2,1-5H3. The van der Waals surface area contributed by atoms with E-state index < -0.39 is 0 Å². The third-order valence-corrected chi connectivity index (χ3v) is 3.83. The molecule has 0 spiro atoms. The summed E-state index contributed by atoms with van der Waals surface area (Å²) in [5.41, 5.74) is 2.12. The number of nitrogens with zero attached hydrogens (tertiary/aromatic N) is 4. The molecule has 0 saturated carbocycles. The van der Waals surface area contributed by atoms with Crippen molar-refractivity contribution in [2.45, 2.75) is 33.4 Å². The fourth-order valence-electron chi connectivity index (χ4n) is 2.62. The van der Waals surface area contributed by atoms with Crippen molar-refractivity contribution in [3.8, 4) is 0 Å². The Bertz CT molecular complexity index is 666. The number of benzene rings is 1. The van der Waals surface area contributed by atoms with Gasteiger partial charge in [0.2, 0.25) is 11.8 Å². The van der Waals surface area contributed by atoms with Crippen LogP contribution in [-0.2, 0) is 11.3 Å². The van der Waals surface area contributed by atoms with Crippen molar-refractivity contribution in [2.75, 3.05) is 20.6 Å². The molecular weight excluding hydrogens is 292 g/mol. The molecule has 1 unspecified atom stereocenters. The van der Waals surface area contributed by atoms with E-state index in [2.05, 4.69) is 10.1 Å². The number of hydrogen-bond acceptors (Lipinski definition) is 5. The molecule has 6 nitrogen and oxygen atoms in total. The Morgan fingerprint density at radius 3 is 2.48 bits per heavy atom. The quantitative estimate of drug-likeness (QED) is 0.818. The van der Waals surface area contributed by atoms with Gasteiger partial charge in [0.25, 0.3) is 0 Å². The minimum Gasteiger partial charge on any atom is -0.340 e. The lowest BCUT2D eigenvalue weighted by Crippen LogP contribution is -2.40. The minimum atomic E-state index is -0.329. The number of rotatable bonds is 6. The van der Waals surface area contributed by atoms with Crippen LogP contribution in [0.5, 0.6) is 0 Å². The number of carbonyl (C=O) groups excluding carboxylic acids is 1. The van der Waals surface area contributed by atoms with Crippen LogP contribution in [0.2, 0.25) is 0 Å². The van der Waals surface area contributed by atoms with Gasteiger partial charge >= 0.3 is 0 Å². The predicted octanol–water partition coefficient (Wildman–Crippen LogP) is 2.34. The summed E-state index contributed by atoms with van der Waals surface area (Å²) in [6.45, 7) is 6.66. The summed E-state index contributed by atoms with van der Waals surface area (Å²) in [6, 6.07) is 7.65. The zero-order chi connectivity index (χ0) is 17.0. The van der Waals surface area contributed by atoms with Crippen LogP contribution in [0.3, 0.4) is 0 Å². The maximum absolute atomic E-state index is 13.1. The second-order valence-electron chi connectivity index (χ2n) is 5.80. The molecule has 1 heterocycles. The molecule has 2 aromatic rings. The average Bonchev–Trinajstić information content (AvgIpc) is 2.91. The first-order valence-electron chi connectivity index (χ1n) is 7.74. The SMILES string of the molecule is CCN(Cc1noc(C)n1)C(=O)C(c1ccccc1C)N(C)C. The summed E-state index contributed by atoms with van der Waals surface area (Å²) in [7, 11) is 3.84. The summed E-state index contributed by atoms with van der Waals surface area (Å²) < 4.78 is 4.99. The van der Waals surface area contributed by atoms with Crippen molar-refractivity contribution in [3.05, 3.63) is 47.1 Å². The Morgan fingerprint density at radius 1 is 1.26 bits per heavy atom. The van der Waals surface area contributed by atoms with Crippen molar-refractivity contribution in [1.82, 2.24) is 19.9 Å². The first kappa shape index (κ1) is 17.1. The molecule has 23 heavy (non-hydrogen) atoms. The van der Waals surface area contributed by atoms with Gasteiger partial charge in [-0.05, 0) is 39.1 Å². The Labute approximate surface area is 137 Å². The van der Waals surface area contributed by atoms with Gasteiger partial charge in [0.15, 0.2) is 5.82 Å². The number of likely N-dealkylation sites (N-methyl/N-ethyl adjacent to an activating group) is 2. The van der Waals surface area contributed by atoms with Gasteiger partial charge in [0.1, 0.15) is 6.04 Å². The van der Waals surface area contributed by atoms with Crippen molar-refractivity contribution in [2.24, 2.45) is 0 Å². The third kappa shape index (κ3) is 3.96. The van der Waals surface area contributed by atoms with E-state index in [-0.39, 0.29) is 11.9 Å². The highest BCUT2D eigenvalue weighted by molar-refractivity contribution is 5.83. The molecule has 0 aliphatic heterocycles. The highest BCUT2D eigenvalue weighted by Gasteiger charge is 2.28. The van der Waals surface area contributed by atoms with E-state index in [1.807, 2.05) is 57.1 Å². The van der Waals surface area contributed by atoms with Crippen LogP contribution in [-0.4, -0.2) is 46.5 Å². The van der Waals surface area contributed by atoms with Gasteiger partial charge in [-0.25, -0.2) is 0 Å². The molecule has 1 amide bonds. The number of amides is 1. The van der Waals surface area contributed by atoms with E-state index in [0.717, 1.165) is 11.1 Å². The molecule has 1 aromatic heterocycles. The predicted molar refractivity (Wildman–Crippen MR) is 87.7 cm³/mol. The first-order valence-corrected chi connectivity index (χ1v) is 7.74. The monoisotopic (exact) mass is 316 g/mol. The largest absolute Gasteiger partial charge is 0.340 e. The van der Waals surface area contributed by atoms with Crippen molar-refractivity contribution >= 4 is 5.91 Å². The van der Waals surface area contributed by atoms with Crippen LogP contribution in [0, 0.1) is 13.8 Å². The van der Waals surface area contributed by atoms with E-state index in [1.54, 1.807) is 11.8 Å². The Hall–Kier alpha value is -2.21. The fraction of sp³-hybridized carbons (Fsp3) is 0.471. The van der Waals surface area contributed by atoms with Gasteiger partial charge < -0.3 is 9.42 Å². The molecule has 2 rings (SSSR count). The van der Waals surface area contributed by atoms with Crippen molar-refractivity contribution in [1.29, 1.82) is 0 Å². The van der Waals surface area contributed by atoms with Crippen LogP contribution in [0.4, 0.5) is 0 Å². The smallest absolute Gasteiger partial charge is 0.244 e. The van der Waals surface area contributed by atoms with Crippen molar-refractivity contribution in [3.63, 3.8) is 0 Å². The van der Waals surface area contributed by atoms with Gasteiger partial charge in [0.05, 0.1) is 6.54 Å². The van der Waals surface area contributed by atoms with Gasteiger partial charge in [0, 0.05) is 13.5 Å². The maximum atomic E-state index is 13.1. The highest BCUT2D eigenvalue weighted by Crippen LogP contribution is 2.24. The van der Waals surface area contributed by atoms with Gasteiger partial charge in [-0.3, -0.25) is 9.69 Å². The number of aromatic nitrogens is 2. The highest BCUT2D eigenvalue weighted by atomic mass is 16.5. The summed E-state index contributed by atoms with van der Waals surface area (Å²) >= 11 is 0. The molecular formula is C17H24N4O2. The summed E-state index contributed by atoms with van der Waals surface area (Å²) in [6.07, 6.45) is 0. The molecule has 1 aromatic carbocycles. The molecule has 0 N–H and O–H groups in total. The molecule has 6 heteroatoms. The molecule has 0 fully saturated rings. The van der Waals surface area contributed by atoms with E-state index in [0.29, 0.717) is 24.8 Å². The van der Waals surface area contributed by atoms with Gasteiger partial charge in [-0.15, -0.1) is 0 Å². The van der Waals surface area contributed by atoms with Crippen LogP contribution in [0.25, 0.3) is 0 Å². The molecule has 0 aliphatic rings. The van der Waals surface area contributed by atoms with Gasteiger partial charge in [-0.1, -0.05) is 29.4 Å². The fourth-order valence-corrected chi connectivity index (χ4v) is 2.62. The molecule has 0 saturated heterocycles. The van der Waals surface area contributed by atoms with Crippen LogP contribution in [0.15, 0.2) is 28.8 Å². The van der Waals surface area contributed by atoms with E-state index >= 15 is 0 Å². The third-order valence-electron chi connectivity index (χ3n) is 3.83. The summed E-state index contributed by atoms with van der Waals surface area (Å²) in [5.74, 6) is 1.07. The number of aryl methyl sites for hydroxylation is 2. The lowest BCUT2D eigenvalue weighted by atomic mass is 9.99. The average molecular weight is 316 g/mol. The topological polar surface area (TPSA) is 62.5 Å². The Kier molecular flexibility index (Phi) is 5.50. The minimum absolute atomic E-state index is 0.0363. The first-order chi connectivity index (χ1) is 10.9. The summed E-state index contributed by atoms with van der Waals surface area (Å²) in [4.78, 5) is 21.0. The Balaban J connectivity index is 2.27. The van der Waals surface area contributed by atoms with Crippen LogP contribution >= 0.6 is 0 Å². The zero-order valence-electron chi connectivity index (χ0n) is 14.4.